The lowest BCUT2D eigenvalue weighted by Crippen LogP contribution is -2.44. The van der Waals surface area contributed by atoms with Crippen LogP contribution >= 0.6 is 23.4 Å². The number of hydrogen-bond acceptors (Lipinski definition) is 4. The van der Waals surface area contributed by atoms with Gasteiger partial charge in [0.15, 0.2) is 0 Å². The summed E-state index contributed by atoms with van der Waals surface area (Å²) in [6.45, 7) is 3.39. The van der Waals surface area contributed by atoms with Crippen LogP contribution < -0.4 is 10.2 Å². The van der Waals surface area contributed by atoms with Gasteiger partial charge in [-0.1, -0.05) is 60.1 Å². The molecule has 1 N–H and O–H groups in total. The summed E-state index contributed by atoms with van der Waals surface area (Å²) in [5.41, 5.74) is 2.45. The van der Waals surface area contributed by atoms with Gasteiger partial charge >= 0.3 is 0 Å². The van der Waals surface area contributed by atoms with E-state index < -0.39 is 16.9 Å². The molecule has 6 nitrogen and oxygen atoms in total. The third-order valence-corrected chi connectivity index (χ3v) is 7.77. The molecule has 10 heteroatoms. The molecule has 0 aliphatic carbocycles. The number of nitrogens with zero attached hydrogens (tertiary/aromatic N) is 3. The monoisotopic (exact) mass is 566 g/mol. The zero-order valence-electron chi connectivity index (χ0n) is 21.2. The molecule has 5 rings (SSSR count). The number of anilines is 1. The maximum atomic E-state index is 15.3. The molecule has 0 bridgehead atoms. The zero-order chi connectivity index (χ0) is 27.7. The van der Waals surface area contributed by atoms with Gasteiger partial charge < -0.3 is 5.32 Å². The number of carbonyl (C=O) groups is 2. The fourth-order valence-electron chi connectivity index (χ4n) is 4.59. The summed E-state index contributed by atoms with van der Waals surface area (Å²) in [6, 6.07) is 19.6. The smallest absolute Gasteiger partial charge is 0.240 e. The SMILES string of the molecule is CC(C)NC(=O)CN1C(=O)CSC(c2ccc(F)cc2F)c2c(-c3ccccc3)nn(-c3ccccc3Cl)c21. The lowest BCUT2D eigenvalue weighted by molar-refractivity contribution is -0.123. The summed E-state index contributed by atoms with van der Waals surface area (Å²) in [7, 11) is 0. The number of hydrogen-bond donors (Lipinski definition) is 1. The van der Waals surface area contributed by atoms with Crippen LogP contribution in [-0.4, -0.2) is 39.9 Å². The topological polar surface area (TPSA) is 67.2 Å². The Bertz CT molecular complexity index is 1540. The molecule has 2 heterocycles. The van der Waals surface area contributed by atoms with Gasteiger partial charge in [-0.2, -0.15) is 5.10 Å². The molecule has 1 aliphatic rings. The average molecular weight is 567 g/mol. The Morgan fingerprint density at radius 1 is 1.10 bits per heavy atom. The number of halogens is 3. The van der Waals surface area contributed by atoms with Gasteiger partial charge in [0.05, 0.1) is 27.4 Å². The second-order valence-electron chi connectivity index (χ2n) is 9.37. The molecule has 1 atom stereocenters. The van der Waals surface area contributed by atoms with E-state index in [1.165, 1.54) is 28.8 Å². The number of para-hydroxylation sites is 1. The van der Waals surface area contributed by atoms with E-state index in [9.17, 15) is 14.0 Å². The van der Waals surface area contributed by atoms with Crippen molar-refractivity contribution < 1.29 is 18.4 Å². The molecule has 2 amide bonds. The van der Waals surface area contributed by atoms with E-state index in [4.69, 9.17) is 16.7 Å². The molecule has 0 fully saturated rings. The van der Waals surface area contributed by atoms with E-state index >= 15 is 4.39 Å². The van der Waals surface area contributed by atoms with E-state index in [-0.39, 0.29) is 35.7 Å². The number of benzene rings is 3. The highest BCUT2D eigenvalue weighted by Crippen LogP contribution is 2.49. The Balaban J connectivity index is 1.83. The van der Waals surface area contributed by atoms with Gasteiger partial charge in [0.1, 0.15) is 24.0 Å². The molecule has 0 radical (unpaired) electrons. The van der Waals surface area contributed by atoms with Crippen molar-refractivity contribution in [3.05, 3.63) is 101 Å². The van der Waals surface area contributed by atoms with Crippen LogP contribution in [0.4, 0.5) is 14.6 Å². The normalized spacial score (nSPS) is 15.3. The molecule has 0 spiro atoms. The van der Waals surface area contributed by atoms with Crippen molar-refractivity contribution in [2.45, 2.75) is 25.1 Å². The second-order valence-corrected chi connectivity index (χ2v) is 10.9. The standard InChI is InChI=1S/C29H25ClF2N4O2S/c1-17(2)33-24(37)15-35-25(38)16-39-28(20-13-12-19(31)14-22(20)32)26-27(18-8-4-3-5-9-18)34-36(29(26)35)23-11-7-6-10-21(23)30/h3-14,17,28H,15-16H2,1-2H3,(H,33,37). The van der Waals surface area contributed by atoms with Crippen molar-refractivity contribution in [1.29, 1.82) is 0 Å². The van der Waals surface area contributed by atoms with Crippen molar-refractivity contribution in [3.8, 4) is 16.9 Å². The number of thioether (sulfide) groups is 1. The number of rotatable bonds is 6. The summed E-state index contributed by atoms with van der Waals surface area (Å²) in [5, 5.41) is 7.39. The lowest BCUT2D eigenvalue weighted by atomic mass is 9.99. The highest BCUT2D eigenvalue weighted by molar-refractivity contribution is 8.00. The molecule has 39 heavy (non-hydrogen) atoms. The Morgan fingerprint density at radius 3 is 2.51 bits per heavy atom. The Kier molecular flexibility index (Phi) is 7.72. The van der Waals surface area contributed by atoms with Crippen molar-refractivity contribution in [2.75, 3.05) is 17.2 Å². The van der Waals surface area contributed by atoms with E-state index in [1.807, 2.05) is 44.2 Å². The highest BCUT2D eigenvalue weighted by Gasteiger charge is 2.38. The fourth-order valence-corrected chi connectivity index (χ4v) is 6.03. The van der Waals surface area contributed by atoms with Gasteiger partial charge in [0.25, 0.3) is 0 Å². The number of fused-ring (bicyclic) bond motifs is 1. The van der Waals surface area contributed by atoms with Crippen LogP contribution in [0.3, 0.4) is 0 Å². The summed E-state index contributed by atoms with van der Waals surface area (Å²) in [4.78, 5) is 28.0. The summed E-state index contributed by atoms with van der Waals surface area (Å²) in [5.74, 6) is -1.87. The number of amides is 2. The van der Waals surface area contributed by atoms with Crippen LogP contribution in [0.25, 0.3) is 16.9 Å². The van der Waals surface area contributed by atoms with Crippen molar-refractivity contribution in [3.63, 3.8) is 0 Å². The lowest BCUT2D eigenvalue weighted by Gasteiger charge is -2.24. The Hall–Kier alpha value is -3.69. The molecule has 200 valence electrons. The second kappa shape index (κ2) is 11.2. The summed E-state index contributed by atoms with van der Waals surface area (Å²) in [6.07, 6.45) is 0. The van der Waals surface area contributed by atoms with Gasteiger partial charge in [-0.05, 0) is 32.0 Å². The van der Waals surface area contributed by atoms with Gasteiger partial charge in [-0.25, -0.2) is 13.5 Å². The van der Waals surface area contributed by atoms with Gasteiger partial charge in [-0.3, -0.25) is 14.5 Å². The third kappa shape index (κ3) is 5.42. The predicted octanol–water partition coefficient (Wildman–Crippen LogP) is 6.16. The van der Waals surface area contributed by atoms with Crippen LogP contribution in [0.5, 0.6) is 0 Å². The molecular formula is C29H25ClF2N4O2S. The highest BCUT2D eigenvalue weighted by atomic mass is 35.5. The van der Waals surface area contributed by atoms with Crippen LogP contribution in [0.15, 0.2) is 72.8 Å². The minimum absolute atomic E-state index is 0.0398. The first-order chi connectivity index (χ1) is 18.7. The first kappa shape index (κ1) is 26.9. The number of carbonyl (C=O) groups excluding carboxylic acids is 2. The number of aromatic nitrogens is 2. The van der Waals surface area contributed by atoms with Crippen molar-refractivity contribution in [1.82, 2.24) is 15.1 Å². The first-order valence-electron chi connectivity index (χ1n) is 12.3. The summed E-state index contributed by atoms with van der Waals surface area (Å²) < 4.78 is 30.7. The maximum Gasteiger partial charge on any atom is 0.240 e. The van der Waals surface area contributed by atoms with Crippen LogP contribution in [0, 0.1) is 11.6 Å². The quantitative estimate of drug-likeness (QED) is 0.303. The van der Waals surface area contributed by atoms with Gasteiger partial charge in [-0.15, -0.1) is 11.8 Å². The summed E-state index contributed by atoms with van der Waals surface area (Å²) >= 11 is 7.80. The molecule has 0 saturated heterocycles. The van der Waals surface area contributed by atoms with E-state index in [0.717, 1.165) is 11.6 Å². The Labute approximate surface area is 234 Å². The first-order valence-corrected chi connectivity index (χ1v) is 13.8. The van der Waals surface area contributed by atoms with Crippen molar-refractivity contribution in [2.24, 2.45) is 0 Å². The Morgan fingerprint density at radius 2 is 1.82 bits per heavy atom. The van der Waals surface area contributed by atoms with Gasteiger partial charge in [0, 0.05) is 28.8 Å². The van der Waals surface area contributed by atoms with Crippen molar-refractivity contribution >= 4 is 41.0 Å². The molecule has 1 unspecified atom stereocenters. The van der Waals surface area contributed by atoms with Gasteiger partial charge in [0.2, 0.25) is 11.8 Å². The van der Waals surface area contributed by atoms with E-state index in [2.05, 4.69) is 5.32 Å². The van der Waals surface area contributed by atoms with Crippen LogP contribution in [0.2, 0.25) is 5.02 Å². The molecule has 0 saturated carbocycles. The largest absolute Gasteiger partial charge is 0.352 e. The minimum atomic E-state index is -0.735. The fraction of sp³-hybridized carbons (Fsp3) is 0.207. The molecule has 3 aromatic carbocycles. The molecule has 1 aliphatic heterocycles. The van der Waals surface area contributed by atoms with E-state index in [0.29, 0.717) is 27.8 Å². The zero-order valence-corrected chi connectivity index (χ0v) is 22.8. The molecule has 4 aromatic rings. The maximum absolute atomic E-state index is 15.3. The number of nitrogens with one attached hydrogen (secondary N) is 1. The third-order valence-electron chi connectivity index (χ3n) is 6.21. The molecule has 1 aromatic heterocycles. The average Bonchev–Trinajstić information content (AvgIpc) is 3.22. The minimum Gasteiger partial charge on any atom is -0.352 e. The molecular weight excluding hydrogens is 542 g/mol. The predicted molar refractivity (Wildman–Crippen MR) is 150 cm³/mol. The van der Waals surface area contributed by atoms with Crippen LogP contribution in [0.1, 0.15) is 30.2 Å². The van der Waals surface area contributed by atoms with Crippen LogP contribution in [-0.2, 0) is 9.59 Å². The van der Waals surface area contributed by atoms with E-state index in [1.54, 1.807) is 28.9 Å².